The number of esters is 2. The third-order valence-corrected chi connectivity index (χ3v) is 3.05. The largest absolute Gasteiger partial charge is 0.459 e. The molecule has 0 unspecified atom stereocenters. The summed E-state index contributed by atoms with van der Waals surface area (Å²) < 4.78 is 10.5. The molecular weight excluding hydrogens is 268 g/mol. The van der Waals surface area contributed by atoms with Crippen molar-refractivity contribution in [3.8, 4) is 0 Å². The maximum atomic E-state index is 11.2. The topological polar surface area (TPSA) is 52.6 Å². The Morgan fingerprint density at radius 2 is 2.19 bits per heavy atom. The molecule has 0 aliphatic carbocycles. The maximum Gasteiger partial charge on any atom is 0.330 e. The molecule has 0 bridgehead atoms. The summed E-state index contributed by atoms with van der Waals surface area (Å²) in [6.07, 6.45) is 7.34. The standard InChI is InChI=1S/C17H18O4/c1-13(18)20-16(11-10-14-6-3-2-4-7-14)12-15-8-5-9-17(19)21-15/h2-7,9-11,15-16H,8,12H2,1H3/b11-10+/t15-,16+/m1/s1. The fraction of sp³-hybridized carbons (Fsp3) is 0.294. The van der Waals surface area contributed by atoms with Crippen molar-refractivity contribution in [3.05, 3.63) is 54.1 Å². The van der Waals surface area contributed by atoms with Gasteiger partial charge in [0.25, 0.3) is 0 Å². The van der Waals surface area contributed by atoms with Crippen molar-refractivity contribution in [3.63, 3.8) is 0 Å². The van der Waals surface area contributed by atoms with Gasteiger partial charge in [0, 0.05) is 25.8 Å². The highest BCUT2D eigenvalue weighted by molar-refractivity contribution is 5.82. The first-order valence-electron chi connectivity index (χ1n) is 6.91. The zero-order valence-corrected chi connectivity index (χ0v) is 11.9. The molecule has 1 aromatic rings. The van der Waals surface area contributed by atoms with E-state index in [0.29, 0.717) is 12.8 Å². The number of benzene rings is 1. The van der Waals surface area contributed by atoms with Crippen molar-refractivity contribution in [1.29, 1.82) is 0 Å². The SMILES string of the molecule is CC(=O)O[C@@H](/C=C/c1ccccc1)C[C@H]1CC=CC(=O)O1. The molecule has 110 valence electrons. The quantitative estimate of drug-likeness (QED) is 0.781. The molecule has 0 radical (unpaired) electrons. The average molecular weight is 286 g/mol. The lowest BCUT2D eigenvalue weighted by atomic mass is 10.1. The third kappa shape index (κ3) is 5.26. The van der Waals surface area contributed by atoms with Gasteiger partial charge in [-0.1, -0.05) is 42.5 Å². The van der Waals surface area contributed by atoms with Crippen LogP contribution in [0.3, 0.4) is 0 Å². The van der Waals surface area contributed by atoms with E-state index in [-0.39, 0.29) is 18.0 Å². The van der Waals surface area contributed by atoms with Crippen LogP contribution in [0.25, 0.3) is 6.08 Å². The van der Waals surface area contributed by atoms with Crippen LogP contribution in [-0.2, 0) is 19.1 Å². The minimum Gasteiger partial charge on any atom is -0.459 e. The van der Waals surface area contributed by atoms with Crippen LogP contribution in [0.15, 0.2) is 48.6 Å². The molecule has 0 amide bonds. The van der Waals surface area contributed by atoms with Gasteiger partial charge in [0.1, 0.15) is 12.2 Å². The second kappa shape index (κ2) is 7.43. The van der Waals surface area contributed by atoms with Crippen molar-refractivity contribution in [2.75, 3.05) is 0 Å². The van der Waals surface area contributed by atoms with Gasteiger partial charge < -0.3 is 9.47 Å². The lowest BCUT2D eigenvalue weighted by molar-refractivity contribution is -0.149. The Kier molecular flexibility index (Phi) is 5.32. The van der Waals surface area contributed by atoms with Crippen LogP contribution in [0.1, 0.15) is 25.3 Å². The van der Waals surface area contributed by atoms with Gasteiger partial charge >= 0.3 is 11.9 Å². The summed E-state index contributed by atoms with van der Waals surface area (Å²) in [4.78, 5) is 22.4. The first-order chi connectivity index (χ1) is 10.1. The van der Waals surface area contributed by atoms with Gasteiger partial charge in [0.2, 0.25) is 0 Å². The summed E-state index contributed by atoms with van der Waals surface area (Å²) in [5.41, 5.74) is 1.02. The molecule has 1 aliphatic rings. The molecule has 21 heavy (non-hydrogen) atoms. The summed E-state index contributed by atoms with van der Waals surface area (Å²) in [5.74, 6) is -0.699. The summed E-state index contributed by atoms with van der Waals surface area (Å²) in [5, 5.41) is 0. The van der Waals surface area contributed by atoms with Crippen molar-refractivity contribution in [2.24, 2.45) is 0 Å². The zero-order valence-electron chi connectivity index (χ0n) is 11.9. The minimum absolute atomic E-state index is 0.257. The smallest absolute Gasteiger partial charge is 0.330 e. The summed E-state index contributed by atoms with van der Waals surface area (Å²) >= 11 is 0. The summed E-state index contributed by atoms with van der Waals surface area (Å²) in [6.45, 7) is 1.37. The molecule has 0 saturated carbocycles. The Balaban J connectivity index is 2.00. The minimum atomic E-state index is -0.410. The lowest BCUT2D eigenvalue weighted by Crippen LogP contribution is -2.26. The monoisotopic (exact) mass is 286 g/mol. The third-order valence-electron chi connectivity index (χ3n) is 3.05. The van der Waals surface area contributed by atoms with E-state index >= 15 is 0 Å². The van der Waals surface area contributed by atoms with E-state index in [1.54, 1.807) is 6.08 Å². The van der Waals surface area contributed by atoms with Crippen molar-refractivity contribution < 1.29 is 19.1 Å². The first-order valence-corrected chi connectivity index (χ1v) is 6.91. The fourth-order valence-corrected chi connectivity index (χ4v) is 2.13. The highest BCUT2D eigenvalue weighted by Crippen LogP contribution is 2.17. The van der Waals surface area contributed by atoms with Gasteiger partial charge in [0.15, 0.2) is 0 Å². The Morgan fingerprint density at radius 1 is 1.43 bits per heavy atom. The Hall–Kier alpha value is -2.36. The van der Waals surface area contributed by atoms with Crippen LogP contribution in [-0.4, -0.2) is 24.1 Å². The maximum absolute atomic E-state index is 11.2. The van der Waals surface area contributed by atoms with Gasteiger partial charge in [-0.2, -0.15) is 0 Å². The highest BCUT2D eigenvalue weighted by atomic mass is 16.6. The lowest BCUT2D eigenvalue weighted by Gasteiger charge is -2.22. The van der Waals surface area contributed by atoms with Crippen molar-refractivity contribution in [1.82, 2.24) is 0 Å². The van der Waals surface area contributed by atoms with Gasteiger partial charge in [-0.15, -0.1) is 0 Å². The van der Waals surface area contributed by atoms with Crippen LogP contribution < -0.4 is 0 Å². The molecule has 1 aliphatic heterocycles. The molecule has 2 atom stereocenters. The number of carbonyl (C=O) groups excluding carboxylic acids is 2. The molecule has 4 heteroatoms. The first kappa shape index (κ1) is 15.0. The Morgan fingerprint density at radius 3 is 2.86 bits per heavy atom. The molecule has 0 aromatic heterocycles. The molecule has 0 spiro atoms. The number of rotatable bonds is 5. The molecule has 1 heterocycles. The van der Waals surface area contributed by atoms with Crippen molar-refractivity contribution in [2.45, 2.75) is 32.0 Å². The number of hydrogen-bond donors (Lipinski definition) is 0. The molecule has 4 nitrogen and oxygen atoms in total. The van der Waals surface area contributed by atoms with E-state index in [1.807, 2.05) is 42.5 Å². The van der Waals surface area contributed by atoms with Gasteiger partial charge in [-0.25, -0.2) is 4.79 Å². The van der Waals surface area contributed by atoms with E-state index in [9.17, 15) is 9.59 Å². The Labute approximate surface area is 124 Å². The number of ether oxygens (including phenoxy) is 2. The van der Waals surface area contributed by atoms with Gasteiger partial charge in [0.05, 0.1) is 0 Å². The second-order valence-corrected chi connectivity index (χ2v) is 4.85. The normalized spacial score (nSPS) is 19.3. The van der Waals surface area contributed by atoms with E-state index < -0.39 is 6.10 Å². The predicted octanol–water partition coefficient (Wildman–Crippen LogP) is 2.89. The van der Waals surface area contributed by atoms with Crippen LogP contribution in [0.2, 0.25) is 0 Å². The molecule has 0 N–H and O–H groups in total. The second-order valence-electron chi connectivity index (χ2n) is 4.85. The molecule has 0 saturated heterocycles. The summed E-state index contributed by atoms with van der Waals surface area (Å²) in [6, 6.07) is 9.74. The van der Waals surface area contributed by atoms with Gasteiger partial charge in [-0.3, -0.25) is 4.79 Å². The fourth-order valence-electron chi connectivity index (χ4n) is 2.13. The van der Waals surface area contributed by atoms with Gasteiger partial charge in [-0.05, 0) is 11.6 Å². The average Bonchev–Trinajstić information content (AvgIpc) is 2.45. The molecule has 0 fully saturated rings. The zero-order chi connectivity index (χ0) is 15.1. The number of carbonyl (C=O) groups is 2. The van der Waals surface area contributed by atoms with E-state index in [4.69, 9.17) is 9.47 Å². The molecule has 2 rings (SSSR count). The number of hydrogen-bond acceptors (Lipinski definition) is 4. The molecule has 1 aromatic carbocycles. The number of cyclic esters (lactones) is 1. The van der Waals surface area contributed by atoms with E-state index in [1.165, 1.54) is 13.0 Å². The van der Waals surface area contributed by atoms with E-state index in [0.717, 1.165) is 5.56 Å². The summed E-state index contributed by atoms with van der Waals surface area (Å²) in [7, 11) is 0. The molecular formula is C17H18O4. The predicted molar refractivity (Wildman–Crippen MR) is 79.3 cm³/mol. The van der Waals surface area contributed by atoms with Crippen LogP contribution >= 0.6 is 0 Å². The van der Waals surface area contributed by atoms with Crippen LogP contribution in [0, 0.1) is 0 Å². The highest BCUT2D eigenvalue weighted by Gasteiger charge is 2.21. The van der Waals surface area contributed by atoms with Crippen LogP contribution in [0.4, 0.5) is 0 Å². The van der Waals surface area contributed by atoms with E-state index in [2.05, 4.69) is 0 Å². The van der Waals surface area contributed by atoms with Crippen LogP contribution in [0.5, 0.6) is 0 Å². The Bertz CT molecular complexity index is 545. The van der Waals surface area contributed by atoms with Crippen molar-refractivity contribution >= 4 is 18.0 Å².